The highest BCUT2D eigenvalue weighted by Crippen LogP contribution is 2.33. The van der Waals surface area contributed by atoms with Gasteiger partial charge in [-0.2, -0.15) is 19.7 Å². The van der Waals surface area contributed by atoms with E-state index in [1.807, 2.05) is 30.3 Å². The molecule has 0 saturated heterocycles. The topological polar surface area (TPSA) is 135 Å². The van der Waals surface area contributed by atoms with Crippen molar-refractivity contribution in [3.8, 4) is 22.7 Å². The summed E-state index contributed by atoms with van der Waals surface area (Å²) in [4.78, 5) is 40.2. The molecule has 0 aliphatic rings. The molecule has 0 aliphatic carbocycles. The first-order valence-corrected chi connectivity index (χ1v) is 11.7. The van der Waals surface area contributed by atoms with Crippen LogP contribution in [0.5, 0.6) is 5.75 Å². The average Bonchev–Trinajstić information content (AvgIpc) is 3.42. The van der Waals surface area contributed by atoms with Crippen molar-refractivity contribution in [1.82, 2.24) is 24.4 Å². The van der Waals surface area contributed by atoms with Crippen LogP contribution in [0.15, 0.2) is 64.3 Å². The highest BCUT2D eigenvalue weighted by molar-refractivity contribution is 7.15. The first-order valence-electron chi connectivity index (χ1n) is 10.8. The second kappa shape index (κ2) is 9.15. The van der Waals surface area contributed by atoms with E-state index in [1.165, 1.54) is 19.1 Å². The van der Waals surface area contributed by atoms with Crippen molar-refractivity contribution >= 4 is 28.1 Å². The van der Waals surface area contributed by atoms with Gasteiger partial charge in [-0.1, -0.05) is 29.5 Å². The van der Waals surface area contributed by atoms with Gasteiger partial charge in [0.1, 0.15) is 11.4 Å². The third-order valence-electron chi connectivity index (χ3n) is 5.32. The maximum Gasteiger partial charge on any atom is 0.311 e. The lowest BCUT2D eigenvalue weighted by atomic mass is 10.1. The Morgan fingerprint density at radius 2 is 1.92 bits per heavy atom. The van der Waals surface area contributed by atoms with Crippen LogP contribution in [-0.2, 0) is 0 Å². The largest absolute Gasteiger partial charge is 0.487 e. The van der Waals surface area contributed by atoms with Crippen molar-refractivity contribution in [1.29, 1.82) is 0 Å². The number of rotatable bonds is 6. The Bertz CT molecular complexity index is 1790. The molecule has 0 spiro atoms. The maximum absolute atomic E-state index is 13.0. The number of nitro groups is 1. The fourth-order valence-electron chi connectivity index (χ4n) is 3.64. The van der Waals surface area contributed by atoms with Crippen LogP contribution < -0.4 is 20.4 Å². The summed E-state index contributed by atoms with van der Waals surface area (Å²) in [7, 11) is 0. The normalized spacial score (nSPS) is 11.8. The SMILES string of the molecule is CCOc1ccc(-c2nn(-c3ccccc3)cc2C=c2sc3nc(=O)c(C)nn3c2=O)cc1[N+](=O)[O-]. The molecule has 3 heterocycles. The second-order valence-corrected chi connectivity index (χ2v) is 8.71. The number of aromatic nitrogens is 5. The van der Waals surface area contributed by atoms with Crippen molar-refractivity contribution in [3.05, 3.63) is 101 Å². The minimum absolute atomic E-state index is 0.119. The predicted octanol–water partition coefficient (Wildman–Crippen LogP) is 2.53. The zero-order chi connectivity index (χ0) is 25.4. The van der Waals surface area contributed by atoms with Gasteiger partial charge in [-0.15, -0.1) is 0 Å². The number of hydrogen-bond acceptors (Lipinski definition) is 9. The molecule has 36 heavy (non-hydrogen) atoms. The van der Waals surface area contributed by atoms with Gasteiger partial charge < -0.3 is 4.74 Å². The van der Waals surface area contributed by atoms with Gasteiger partial charge >= 0.3 is 5.69 Å². The number of hydrogen-bond donors (Lipinski definition) is 0. The maximum atomic E-state index is 13.0. The fourth-order valence-corrected chi connectivity index (χ4v) is 4.54. The minimum Gasteiger partial charge on any atom is -0.487 e. The number of para-hydroxylation sites is 1. The van der Waals surface area contributed by atoms with Crippen LogP contribution >= 0.6 is 11.3 Å². The molecule has 0 radical (unpaired) electrons. The van der Waals surface area contributed by atoms with E-state index >= 15 is 0 Å². The number of aryl methyl sites for hydroxylation is 1. The van der Waals surface area contributed by atoms with Crippen molar-refractivity contribution in [2.45, 2.75) is 13.8 Å². The zero-order valence-corrected chi connectivity index (χ0v) is 19.9. The molecule has 0 N–H and O–H groups in total. The molecule has 0 amide bonds. The summed E-state index contributed by atoms with van der Waals surface area (Å²) in [5, 5.41) is 20.4. The van der Waals surface area contributed by atoms with Crippen molar-refractivity contribution in [2.75, 3.05) is 6.61 Å². The number of thiazole rings is 1. The van der Waals surface area contributed by atoms with Gasteiger partial charge in [0.2, 0.25) is 4.96 Å². The van der Waals surface area contributed by atoms with E-state index in [1.54, 1.807) is 29.9 Å². The van der Waals surface area contributed by atoms with E-state index in [0.717, 1.165) is 21.5 Å². The van der Waals surface area contributed by atoms with Crippen LogP contribution in [0, 0.1) is 17.0 Å². The van der Waals surface area contributed by atoms with E-state index in [0.29, 0.717) is 16.8 Å². The van der Waals surface area contributed by atoms with Gasteiger partial charge in [0.25, 0.3) is 11.1 Å². The van der Waals surface area contributed by atoms with Crippen LogP contribution in [0.3, 0.4) is 0 Å². The molecule has 3 aromatic heterocycles. The monoisotopic (exact) mass is 502 g/mol. The summed E-state index contributed by atoms with van der Waals surface area (Å²) in [6.07, 6.45) is 3.35. The Labute approximate surface area is 206 Å². The Hall–Kier alpha value is -4.71. The number of ether oxygens (including phenoxy) is 1. The number of nitrogens with zero attached hydrogens (tertiary/aromatic N) is 6. The van der Waals surface area contributed by atoms with Crippen LogP contribution in [0.1, 0.15) is 18.2 Å². The quantitative estimate of drug-likeness (QED) is 0.255. The molecule has 0 bridgehead atoms. The third-order valence-corrected chi connectivity index (χ3v) is 6.28. The van der Waals surface area contributed by atoms with Gasteiger partial charge in [-0.25, -0.2) is 4.68 Å². The highest BCUT2D eigenvalue weighted by atomic mass is 32.1. The van der Waals surface area contributed by atoms with E-state index in [2.05, 4.69) is 15.2 Å². The van der Waals surface area contributed by atoms with Gasteiger partial charge in [0.05, 0.1) is 21.7 Å². The highest BCUT2D eigenvalue weighted by Gasteiger charge is 2.20. The Balaban J connectivity index is 1.74. The summed E-state index contributed by atoms with van der Waals surface area (Å²) >= 11 is 1.02. The fraction of sp³-hybridized carbons (Fsp3) is 0.125. The van der Waals surface area contributed by atoms with Crippen LogP contribution in [0.2, 0.25) is 0 Å². The molecule has 5 rings (SSSR count). The zero-order valence-electron chi connectivity index (χ0n) is 19.1. The number of fused-ring (bicyclic) bond motifs is 1. The van der Waals surface area contributed by atoms with Crippen LogP contribution in [0.4, 0.5) is 5.69 Å². The smallest absolute Gasteiger partial charge is 0.311 e. The second-order valence-electron chi connectivity index (χ2n) is 7.70. The summed E-state index contributed by atoms with van der Waals surface area (Å²) in [5.41, 5.74) is 1.21. The molecule has 0 aliphatic heterocycles. The lowest BCUT2D eigenvalue weighted by molar-refractivity contribution is -0.385. The molecule has 0 saturated carbocycles. The Morgan fingerprint density at radius 3 is 2.64 bits per heavy atom. The first-order chi connectivity index (χ1) is 17.4. The standard InChI is InChI=1S/C24H18N6O5S/c1-3-35-19-10-9-15(11-18(19)30(33)34)21-16(13-28(27-21)17-7-5-4-6-8-17)12-20-23(32)29-24(36-20)25-22(31)14(2)26-29/h4-13H,3H2,1-2H3. The van der Waals surface area contributed by atoms with Gasteiger partial charge in [-0.3, -0.25) is 19.7 Å². The number of nitro benzene ring substituents is 1. The van der Waals surface area contributed by atoms with E-state index < -0.39 is 16.0 Å². The van der Waals surface area contributed by atoms with Crippen molar-refractivity contribution in [2.24, 2.45) is 0 Å². The van der Waals surface area contributed by atoms with Crippen molar-refractivity contribution < 1.29 is 9.66 Å². The van der Waals surface area contributed by atoms with Gasteiger partial charge in [0, 0.05) is 23.4 Å². The summed E-state index contributed by atoms with van der Waals surface area (Å²) in [5.74, 6) is 0.156. The first kappa shape index (κ1) is 23.1. The van der Waals surface area contributed by atoms with Gasteiger partial charge in [-0.05, 0) is 44.2 Å². The molecule has 12 heteroatoms. The molecule has 180 valence electrons. The molecule has 11 nitrogen and oxygen atoms in total. The molecule has 0 unspecified atom stereocenters. The molecule has 2 aromatic carbocycles. The summed E-state index contributed by atoms with van der Waals surface area (Å²) in [6.45, 7) is 3.52. The summed E-state index contributed by atoms with van der Waals surface area (Å²) < 4.78 is 8.41. The van der Waals surface area contributed by atoms with Crippen LogP contribution in [-0.4, -0.2) is 35.9 Å². The molecule has 0 fully saturated rings. The molecule has 5 aromatic rings. The molecular weight excluding hydrogens is 484 g/mol. The van der Waals surface area contributed by atoms with Crippen LogP contribution in [0.25, 0.3) is 28.0 Å². The van der Waals surface area contributed by atoms with Gasteiger partial charge in [0.15, 0.2) is 5.75 Å². The van der Waals surface area contributed by atoms with E-state index in [9.17, 15) is 19.7 Å². The third kappa shape index (κ3) is 4.14. The van der Waals surface area contributed by atoms with E-state index in [4.69, 9.17) is 4.74 Å². The predicted molar refractivity (Wildman–Crippen MR) is 134 cm³/mol. The Morgan fingerprint density at radius 1 is 1.14 bits per heavy atom. The average molecular weight is 503 g/mol. The number of benzene rings is 2. The molecule has 0 atom stereocenters. The lowest BCUT2D eigenvalue weighted by Gasteiger charge is -2.06. The molecular formula is C24H18N6O5S. The van der Waals surface area contributed by atoms with E-state index in [-0.39, 0.29) is 33.2 Å². The lowest BCUT2D eigenvalue weighted by Crippen LogP contribution is -2.27. The summed E-state index contributed by atoms with van der Waals surface area (Å²) in [6, 6.07) is 13.9. The minimum atomic E-state index is -0.509. The van der Waals surface area contributed by atoms with Crippen molar-refractivity contribution in [3.63, 3.8) is 0 Å². The Kier molecular flexibility index (Phi) is 5.86.